The van der Waals surface area contributed by atoms with Crippen molar-refractivity contribution in [3.05, 3.63) is 42.0 Å². The van der Waals surface area contributed by atoms with E-state index in [1.807, 2.05) is 0 Å². The molecule has 1 unspecified atom stereocenters. The predicted molar refractivity (Wildman–Crippen MR) is 177 cm³/mol. The molecule has 1 aromatic carbocycles. The standard InChI is InChI=1S/C36H55NO9/c1-4-6-8-11-14-17-29(38)18-15-12-9-10-13-16-19-31(36(44,35(42)43)24-26-45-3)33(39)37-32(34(40)41)27-28-20-22-30(23-21-28)46-25-7-5-2/h16,19-23,29,31-32,38,44H,4,6,8-15,17-18,24-27H2,1-3H3,(H,37,39)(H,40,41)(H,42,43)/b19-16+/t29?,31-,32+,36+/m1/s1. The third kappa shape index (κ3) is 16.3. The summed E-state index contributed by atoms with van der Waals surface area (Å²) in [4.78, 5) is 37.7. The number of nitrogens with one attached hydrogen (secondary N) is 1. The van der Waals surface area contributed by atoms with Gasteiger partial charge in [-0.3, -0.25) is 4.79 Å². The molecule has 5 N–H and O–H groups in total. The number of rotatable bonds is 26. The van der Waals surface area contributed by atoms with Crippen LogP contribution < -0.4 is 10.1 Å². The van der Waals surface area contributed by atoms with Crippen LogP contribution in [-0.4, -0.2) is 76.3 Å². The summed E-state index contributed by atoms with van der Waals surface area (Å²) in [6.07, 6.45) is 13.9. The minimum atomic E-state index is -2.51. The highest BCUT2D eigenvalue weighted by Crippen LogP contribution is 2.26. The molecule has 1 aromatic rings. The van der Waals surface area contributed by atoms with Gasteiger partial charge in [-0.15, -0.1) is 5.92 Å². The number of amides is 1. The maximum absolute atomic E-state index is 13.4. The van der Waals surface area contributed by atoms with Gasteiger partial charge in [0, 0.05) is 26.6 Å². The third-order valence-corrected chi connectivity index (χ3v) is 7.95. The van der Waals surface area contributed by atoms with Crippen LogP contribution >= 0.6 is 0 Å². The summed E-state index contributed by atoms with van der Waals surface area (Å²) in [5.41, 5.74) is -1.90. The molecule has 0 aliphatic rings. The second-order valence-electron chi connectivity index (χ2n) is 11.7. The van der Waals surface area contributed by atoms with E-state index in [9.17, 15) is 34.8 Å². The van der Waals surface area contributed by atoms with Crippen molar-refractivity contribution >= 4 is 17.8 Å². The zero-order valence-electron chi connectivity index (χ0n) is 27.8. The number of carboxylic acid groups (broad SMARTS) is 2. The average Bonchev–Trinajstić information content (AvgIpc) is 3.03. The summed E-state index contributed by atoms with van der Waals surface area (Å²) >= 11 is 0. The van der Waals surface area contributed by atoms with Gasteiger partial charge in [0.2, 0.25) is 5.91 Å². The van der Waals surface area contributed by atoms with Gasteiger partial charge in [-0.1, -0.05) is 88.5 Å². The van der Waals surface area contributed by atoms with Gasteiger partial charge in [0.1, 0.15) is 18.4 Å². The van der Waals surface area contributed by atoms with Crippen LogP contribution in [0, 0.1) is 17.8 Å². The Labute approximate surface area is 274 Å². The summed E-state index contributed by atoms with van der Waals surface area (Å²) in [5, 5.41) is 43.6. The zero-order chi connectivity index (χ0) is 34.2. The van der Waals surface area contributed by atoms with Gasteiger partial charge < -0.3 is 35.2 Å². The van der Waals surface area contributed by atoms with Crippen molar-refractivity contribution in [2.24, 2.45) is 5.92 Å². The Morgan fingerprint density at radius 3 is 2.17 bits per heavy atom. The molecule has 0 radical (unpaired) electrons. The number of benzene rings is 1. The van der Waals surface area contributed by atoms with Crippen molar-refractivity contribution in [2.45, 2.75) is 121 Å². The first kappa shape index (κ1) is 40.6. The van der Waals surface area contributed by atoms with Gasteiger partial charge in [0.25, 0.3) is 0 Å². The van der Waals surface area contributed by atoms with Gasteiger partial charge in [-0.05, 0) is 50.3 Å². The van der Waals surface area contributed by atoms with Crippen LogP contribution in [-0.2, 0) is 25.5 Å². The van der Waals surface area contributed by atoms with Gasteiger partial charge in [-0.2, -0.15) is 0 Å². The molecule has 0 spiro atoms. The van der Waals surface area contributed by atoms with E-state index in [1.54, 1.807) is 37.3 Å². The van der Waals surface area contributed by atoms with E-state index in [4.69, 9.17) is 9.47 Å². The van der Waals surface area contributed by atoms with Gasteiger partial charge in [0.15, 0.2) is 5.60 Å². The van der Waals surface area contributed by atoms with Crippen molar-refractivity contribution in [1.82, 2.24) is 5.32 Å². The second kappa shape index (κ2) is 23.9. The summed E-state index contributed by atoms with van der Waals surface area (Å²) in [7, 11) is 1.35. The minimum absolute atomic E-state index is 0.0658. The van der Waals surface area contributed by atoms with Crippen molar-refractivity contribution in [1.29, 1.82) is 0 Å². The maximum atomic E-state index is 13.4. The number of unbranched alkanes of at least 4 members (excludes halogenated alkanes) is 8. The van der Waals surface area contributed by atoms with E-state index in [1.165, 1.54) is 32.4 Å². The number of allylic oxidation sites excluding steroid dienone is 1. The fraction of sp³-hybridized carbons (Fsp3) is 0.639. The number of aliphatic hydroxyl groups is 2. The molecule has 1 rings (SSSR count). The molecule has 0 bridgehead atoms. The summed E-state index contributed by atoms with van der Waals surface area (Å²) in [6.45, 7) is 3.99. The van der Waals surface area contributed by atoms with E-state index in [-0.39, 0.29) is 32.2 Å². The highest BCUT2D eigenvalue weighted by Gasteiger charge is 2.47. The lowest BCUT2D eigenvalue weighted by Gasteiger charge is -2.30. The molecule has 0 saturated heterocycles. The van der Waals surface area contributed by atoms with Crippen LogP contribution in [0.2, 0.25) is 0 Å². The van der Waals surface area contributed by atoms with E-state index in [0.29, 0.717) is 17.7 Å². The number of hydrogen-bond acceptors (Lipinski definition) is 7. The number of hydrogen-bond donors (Lipinski definition) is 5. The molecule has 0 aromatic heterocycles. The Bertz CT molecular complexity index is 1110. The number of methoxy groups -OCH3 is 1. The molecule has 0 saturated carbocycles. The Morgan fingerprint density at radius 2 is 1.61 bits per heavy atom. The van der Waals surface area contributed by atoms with Crippen LogP contribution in [0.1, 0.15) is 103 Å². The lowest BCUT2D eigenvalue weighted by molar-refractivity contribution is -0.168. The maximum Gasteiger partial charge on any atom is 0.336 e. The summed E-state index contributed by atoms with van der Waals surface area (Å²) in [5.74, 6) is 0.707. The number of ether oxygens (including phenoxy) is 2. The van der Waals surface area contributed by atoms with Crippen LogP contribution in [0.4, 0.5) is 0 Å². The van der Waals surface area contributed by atoms with E-state index < -0.39 is 35.4 Å². The first-order valence-corrected chi connectivity index (χ1v) is 16.5. The Kier molecular flexibility index (Phi) is 21.1. The van der Waals surface area contributed by atoms with Gasteiger partial charge >= 0.3 is 11.9 Å². The molecule has 10 nitrogen and oxygen atoms in total. The molecule has 1 amide bonds. The van der Waals surface area contributed by atoms with Crippen LogP contribution in [0.15, 0.2) is 36.4 Å². The zero-order valence-corrected chi connectivity index (χ0v) is 27.8. The van der Waals surface area contributed by atoms with Crippen molar-refractivity contribution < 1.29 is 44.3 Å². The molecule has 258 valence electrons. The largest absolute Gasteiger partial charge is 0.481 e. The van der Waals surface area contributed by atoms with Crippen LogP contribution in [0.25, 0.3) is 0 Å². The number of carbonyl (C=O) groups excluding carboxylic acids is 1. The summed E-state index contributed by atoms with van der Waals surface area (Å²) in [6, 6.07) is 5.33. The minimum Gasteiger partial charge on any atom is -0.481 e. The fourth-order valence-electron chi connectivity index (χ4n) is 5.08. The molecule has 0 aliphatic heterocycles. The normalized spacial score (nSPS) is 14.5. The number of carbonyl (C=O) groups is 3. The number of carboxylic acids is 2. The van der Waals surface area contributed by atoms with Gasteiger partial charge in [0.05, 0.1) is 12.0 Å². The topological polar surface area (TPSA) is 163 Å². The predicted octanol–water partition coefficient (Wildman–Crippen LogP) is 5.29. The lowest BCUT2D eigenvalue weighted by atomic mass is 9.83. The van der Waals surface area contributed by atoms with E-state index in [2.05, 4.69) is 24.1 Å². The number of aliphatic carboxylic acids is 2. The Balaban J connectivity index is 2.80. The third-order valence-electron chi connectivity index (χ3n) is 7.95. The SMILES string of the molecule is CC#CCOc1ccc(C[C@H](NC(=O)[C@@H](/C=C/CCCCCCC(O)CCCCCCC)[C@@](O)(CCOC)C(=O)O)C(=O)O)cc1. The molecule has 4 atom stereocenters. The molecule has 46 heavy (non-hydrogen) atoms. The summed E-state index contributed by atoms with van der Waals surface area (Å²) < 4.78 is 10.5. The highest BCUT2D eigenvalue weighted by atomic mass is 16.5. The first-order chi connectivity index (χ1) is 22.1. The monoisotopic (exact) mass is 645 g/mol. The molecule has 0 fully saturated rings. The fourth-order valence-corrected chi connectivity index (χ4v) is 5.08. The molecule has 10 heteroatoms. The van der Waals surface area contributed by atoms with Crippen LogP contribution in [0.5, 0.6) is 5.75 Å². The Morgan fingerprint density at radius 1 is 0.978 bits per heavy atom. The number of aliphatic hydroxyl groups excluding tert-OH is 1. The molecule has 0 heterocycles. The second-order valence-corrected chi connectivity index (χ2v) is 11.7. The Hall–Kier alpha value is -3.39. The van der Waals surface area contributed by atoms with Crippen molar-refractivity contribution in [2.75, 3.05) is 20.3 Å². The lowest BCUT2D eigenvalue weighted by Crippen LogP contribution is -2.55. The highest BCUT2D eigenvalue weighted by molar-refractivity contribution is 5.92. The van der Waals surface area contributed by atoms with Crippen molar-refractivity contribution in [3.8, 4) is 17.6 Å². The first-order valence-electron chi connectivity index (χ1n) is 16.5. The molecular weight excluding hydrogens is 590 g/mol. The van der Waals surface area contributed by atoms with E-state index in [0.717, 1.165) is 51.4 Å². The molecule has 0 aliphatic carbocycles. The smallest absolute Gasteiger partial charge is 0.336 e. The van der Waals surface area contributed by atoms with Crippen molar-refractivity contribution in [3.63, 3.8) is 0 Å². The average molecular weight is 646 g/mol. The van der Waals surface area contributed by atoms with Crippen LogP contribution in [0.3, 0.4) is 0 Å². The molecular formula is C36H55NO9. The van der Waals surface area contributed by atoms with Gasteiger partial charge in [-0.25, -0.2) is 9.59 Å². The van der Waals surface area contributed by atoms with E-state index >= 15 is 0 Å². The quantitative estimate of drug-likeness (QED) is 0.0512.